The third-order valence-corrected chi connectivity index (χ3v) is 8.55. The quantitative estimate of drug-likeness (QED) is 0.603. The summed E-state index contributed by atoms with van der Waals surface area (Å²) in [6.45, 7) is 12.6. The molecule has 2 saturated heterocycles. The maximum absolute atomic E-state index is 13.5. The van der Waals surface area contributed by atoms with Crippen LogP contribution in [0, 0.1) is 19.8 Å². The van der Waals surface area contributed by atoms with Crippen molar-refractivity contribution in [2.75, 3.05) is 38.2 Å². The lowest BCUT2D eigenvalue weighted by atomic mass is 9.90. The van der Waals surface area contributed by atoms with Gasteiger partial charge in [0.25, 0.3) is 5.91 Å². The fourth-order valence-corrected chi connectivity index (χ4v) is 6.50. The van der Waals surface area contributed by atoms with E-state index in [-0.39, 0.29) is 24.2 Å². The van der Waals surface area contributed by atoms with Crippen LogP contribution in [-0.4, -0.2) is 72.2 Å². The smallest absolute Gasteiger partial charge is 0.274 e. The second kappa shape index (κ2) is 10.5. The SMILES string of the molecule is COC(Cn1nc(C(=O)N2C[C@@H](C)O[C@@H](C)C2)c2c1CCC2)C1CCN(c2cccc(C)c2C)CC1. The summed E-state index contributed by atoms with van der Waals surface area (Å²) >= 11 is 0. The van der Waals surface area contributed by atoms with Crippen molar-refractivity contribution in [3.05, 3.63) is 46.3 Å². The number of anilines is 1. The number of carbonyl (C=O) groups excluding carboxylic acids is 1. The van der Waals surface area contributed by atoms with Gasteiger partial charge >= 0.3 is 0 Å². The molecule has 0 saturated carbocycles. The first-order valence-electron chi connectivity index (χ1n) is 13.7. The van der Waals surface area contributed by atoms with Gasteiger partial charge in [-0.05, 0) is 82.9 Å². The highest BCUT2D eigenvalue weighted by Gasteiger charge is 2.34. The molecule has 36 heavy (non-hydrogen) atoms. The Hall–Kier alpha value is -2.38. The van der Waals surface area contributed by atoms with Gasteiger partial charge in [-0.3, -0.25) is 9.48 Å². The molecule has 3 atom stereocenters. The molecule has 7 heteroatoms. The van der Waals surface area contributed by atoms with E-state index >= 15 is 0 Å². The molecule has 1 aromatic heterocycles. The highest BCUT2D eigenvalue weighted by molar-refractivity contribution is 5.94. The van der Waals surface area contributed by atoms with Crippen molar-refractivity contribution in [2.45, 2.75) is 84.7 Å². The van der Waals surface area contributed by atoms with Crippen LogP contribution in [0.1, 0.15) is 66.0 Å². The van der Waals surface area contributed by atoms with Gasteiger partial charge in [0, 0.05) is 50.2 Å². The maximum atomic E-state index is 13.5. The molecule has 2 aromatic rings. The Bertz CT molecular complexity index is 1080. The van der Waals surface area contributed by atoms with Crippen LogP contribution in [0.3, 0.4) is 0 Å². The van der Waals surface area contributed by atoms with E-state index in [0.29, 0.717) is 24.7 Å². The number of ether oxygens (including phenoxy) is 2. The predicted molar refractivity (Wildman–Crippen MR) is 142 cm³/mol. The number of benzene rings is 1. The summed E-state index contributed by atoms with van der Waals surface area (Å²) in [6, 6.07) is 6.60. The Labute approximate surface area is 215 Å². The van der Waals surface area contributed by atoms with Crippen molar-refractivity contribution in [1.29, 1.82) is 0 Å². The van der Waals surface area contributed by atoms with Crippen molar-refractivity contribution < 1.29 is 14.3 Å². The van der Waals surface area contributed by atoms with Crippen LogP contribution in [0.15, 0.2) is 18.2 Å². The second-order valence-corrected chi connectivity index (χ2v) is 11.1. The largest absolute Gasteiger partial charge is 0.379 e. The standard InChI is InChI=1S/C29H42N4O3/c1-19-8-6-10-25(22(19)4)31-14-12-23(13-15-31)27(35-5)18-33-26-11-7-9-24(26)28(30-33)29(34)32-16-20(2)36-21(3)17-32/h6,8,10,20-21,23,27H,7,9,11-18H2,1-5H3/t20-,21+,27?. The Morgan fingerprint density at radius 3 is 2.56 bits per heavy atom. The number of carbonyl (C=O) groups is 1. The van der Waals surface area contributed by atoms with Gasteiger partial charge in [0.2, 0.25) is 0 Å². The molecular formula is C29H42N4O3. The second-order valence-electron chi connectivity index (χ2n) is 11.1. The van der Waals surface area contributed by atoms with Crippen LogP contribution in [0.25, 0.3) is 0 Å². The fourth-order valence-electron chi connectivity index (χ4n) is 6.50. The molecule has 1 aliphatic carbocycles. The fraction of sp³-hybridized carbons (Fsp3) is 0.655. The first kappa shape index (κ1) is 25.3. The third-order valence-electron chi connectivity index (χ3n) is 8.55. The summed E-state index contributed by atoms with van der Waals surface area (Å²) in [5.41, 5.74) is 7.15. The van der Waals surface area contributed by atoms with Gasteiger partial charge in [0.1, 0.15) is 0 Å². The van der Waals surface area contributed by atoms with Gasteiger partial charge in [0.05, 0.1) is 24.9 Å². The Kier molecular flexibility index (Phi) is 7.40. The maximum Gasteiger partial charge on any atom is 0.274 e. The van der Waals surface area contributed by atoms with Crippen LogP contribution in [-0.2, 0) is 28.9 Å². The normalized spacial score (nSPS) is 23.7. The molecule has 0 N–H and O–H groups in total. The van der Waals surface area contributed by atoms with E-state index in [1.54, 1.807) is 0 Å². The molecule has 3 heterocycles. The van der Waals surface area contributed by atoms with Gasteiger partial charge in [-0.2, -0.15) is 5.10 Å². The average Bonchev–Trinajstić information content (AvgIpc) is 3.47. The number of fused-ring (bicyclic) bond motifs is 1. The van der Waals surface area contributed by atoms with Crippen LogP contribution < -0.4 is 4.90 Å². The minimum atomic E-state index is 0.0557. The highest BCUT2D eigenvalue weighted by Crippen LogP contribution is 2.32. The molecule has 196 valence electrons. The van der Waals surface area contributed by atoms with E-state index in [1.807, 2.05) is 25.9 Å². The molecule has 0 bridgehead atoms. The van der Waals surface area contributed by atoms with Crippen LogP contribution in [0.4, 0.5) is 5.69 Å². The Balaban J connectivity index is 1.28. The van der Waals surface area contributed by atoms with E-state index in [1.165, 1.54) is 22.5 Å². The van der Waals surface area contributed by atoms with Gasteiger partial charge in [-0.15, -0.1) is 0 Å². The van der Waals surface area contributed by atoms with Crippen molar-refractivity contribution >= 4 is 11.6 Å². The molecule has 7 nitrogen and oxygen atoms in total. The van der Waals surface area contributed by atoms with E-state index in [2.05, 4.69) is 41.6 Å². The first-order valence-corrected chi connectivity index (χ1v) is 13.7. The molecule has 0 radical (unpaired) electrons. The number of hydrogen-bond acceptors (Lipinski definition) is 5. The van der Waals surface area contributed by atoms with E-state index < -0.39 is 0 Å². The summed E-state index contributed by atoms with van der Waals surface area (Å²) in [4.78, 5) is 18.0. The Morgan fingerprint density at radius 2 is 1.86 bits per heavy atom. The number of nitrogens with zero attached hydrogens (tertiary/aromatic N) is 4. The lowest BCUT2D eigenvalue weighted by Crippen LogP contribution is -2.48. The monoisotopic (exact) mass is 494 g/mol. The molecule has 1 unspecified atom stereocenters. The molecule has 3 aliphatic rings. The number of piperidine rings is 1. The zero-order valence-electron chi connectivity index (χ0n) is 22.6. The predicted octanol–water partition coefficient (Wildman–Crippen LogP) is 4.17. The lowest BCUT2D eigenvalue weighted by Gasteiger charge is -2.37. The highest BCUT2D eigenvalue weighted by atomic mass is 16.5. The van der Waals surface area contributed by atoms with Gasteiger partial charge < -0.3 is 19.3 Å². The van der Waals surface area contributed by atoms with Crippen molar-refractivity contribution in [1.82, 2.24) is 14.7 Å². The van der Waals surface area contributed by atoms with E-state index in [9.17, 15) is 4.79 Å². The molecule has 0 spiro atoms. The minimum absolute atomic E-state index is 0.0557. The third kappa shape index (κ3) is 4.92. The minimum Gasteiger partial charge on any atom is -0.379 e. The topological polar surface area (TPSA) is 59.8 Å². The number of aromatic nitrogens is 2. The molecule has 2 aliphatic heterocycles. The summed E-state index contributed by atoms with van der Waals surface area (Å²) in [7, 11) is 1.83. The van der Waals surface area contributed by atoms with E-state index in [4.69, 9.17) is 14.6 Å². The number of hydrogen-bond donors (Lipinski definition) is 0. The molecule has 2 fully saturated rings. The van der Waals surface area contributed by atoms with Crippen LogP contribution in [0.2, 0.25) is 0 Å². The van der Waals surface area contributed by atoms with Gasteiger partial charge in [-0.25, -0.2) is 0 Å². The number of amides is 1. The summed E-state index contributed by atoms with van der Waals surface area (Å²) in [5.74, 6) is 0.544. The molecule has 1 amide bonds. The summed E-state index contributed by atoms with van der Waals surface area (Å²) in [5, 5.41) is 4.92. The molecular weight excluding hydrogens is 452 g/mol. The lowest BCUT2D eigenvalue weighted by molar-refractivity contribution is -0.0587. The Morgan fingerprint density at radius 1 is 1.14 bits per heavy atom. The van der Waals surface area contributed by atoms with Crippen LogP contribution in [0.5, 0.6) is 0 Å². The zero-order chi connectivity index (χ0) is 25.4. The van der Waals surface area contributed by atoms with Crippen LogP contribution >= 0.6 is 0 Å². The summed E-state index contributed by atoms with van der Waals surface area (Å²) < 4.78 is 14.0. The number of morpholine rings is 1. The van der Waals surface area contributed by atoms with Crippen molar-refractivity contribution in [2.24, 2.45) is 5.92 Å². The van der Waals surface area contributed by atoms with Crippen molar-refractivity contribution in [3.63, 3.8) is 0 Å². The number of rotatable bonds is 6. The first-order chi connectivity index (χ1) is 17.4. The molecule has 5 rings (SSSR count). The van der Waals surface area contributed by atoms with Gasteiger partial charge in [-0.1, -0.05) is 12.1 Å². The number of methoxy groups -OCH3 is 1. The zero-order valence-corrected chi connectivity index (χ0v) is 22.6. The molecule has 1 aromatic carbocycles. The average molecular weight is 495 g/mol. The number of aryl methyl sites for hydroxylation is 1. The summed E-state index contributed by atoms with van der Waals surface area (Å²) in [6.07, 6.45) is 5.44. The van der Waals surface area contributed by atoms with Gasteiger partial charge in [0.15, 0.2) is 5.69 Å². The van der Waals surface area contributed by atoms with E-state index in [0.717, 1.165) is 57.3 Å². The van der Waals surface area contributed by atoms with Crippen molar-refractivity contribution in [3.8, 4) is 0 Å².